The van der Waals surface area contributed by atoms with Crippen LogP contribution in [0.1, 0.15) is 19.3 Å². The molecule has 0 spiro atoms. The lowest BCUT2D eigenvalue weighted by Crippen LogP contribution is -2.18. The molecule has 0 saturated carbocycles. The van der Waals surface area contributed by atoms with Crippen molar-refractivity contribution in [1.82, 2.24) is 0 Å². The summed E-state index contributed by atoms with van der Waals surface area (Å²) in [4.78, 5) is 0. The smallest absolute Gasteiger partial charge is 0.0480 e. The Balaban J connectivity index is 2.23. The van der Waals surface area contributed by atoms with E-state index in [1.165, 1.54) is 5.71 Å². The molecular formula is C8H10N2. The van der Waals surface area contributed by atoms with Gasteiger partial charge in [0.1, 0.15) is 0 Å². The van der Waals surface area contributed by atoms with E-state index in [-0.39, 0.29) is 0 Å². The van der Waals surface area contributed by atoms with Crippen molar-refractivity contribution in [2.24, 2.45) is 16.1 Å². The van der Waals surface area contributed by atoms with Gasteiger partial charge in [0.2, 0.25) is 0 Å². The molecule has 1 unspecified atom stereocenters. The lowest BCUT2D eigenvalue weighted by atomic mass is 9.89. The van der Waals surface area contributed by atoms with E-state index in [4.69, 9.17) is 0 Å². The molecule has 0 aromatic heterocycles. The largest absolute Gasteiger partial charge is 0.164 e. The maximum absolute atomic E-state index is 4.09. The van der Waals surface area contributed by atoms with Crippen LogP contribution in [0.4, 0.5) is 0 Å². The molecule has 2 aliphatic rings. The fraction of sp³-hybridized carbons (Fsp3) is 0.500. The van der Waals surface area contributed by atoms with Gasteiger partial charge in [-0.3, -0.25) is 0 Å². The third kappa shape index (κ3) is 0.897. The molecule has 0 fully saturated rings. The number of fused-ring (bicyclic) bond motifs is 1. The Labute approximate surface area is 60.4 Å². The van der Waals surface area contributed by atoms with Crippen molar-refractivity contribution in [3.05, 3.63) is 12.2 Å². The lowest BCUT2D eigenvalue weighted by Gasteiger charge is -2.19. The molecule has 0 amide bonds. The Hall–Kier alpha value is -0.920. The van der Waals surface area contributed by atoms with Crippen LogP contribution in [0, 0.1) is 5.92 Å². The second-order valence-electron chi connectivity index (χ2n) is 2.73. The van der Waals surface area contributed by atoms with Crippen LogP contribution in [0.15, 0.2) is 22.4 Å². The predicted molar refractivity (Wildman–Crippen MR) is 42.4 cm³/mol. The van der Waals surface area contributed by atoms with Crippen molar-refractivity contribution in [3.63, 3.8) is 0 Å². The molecule has 0 aromatic carbocycles. The number of rotatable bonds is 0. The molecule has 1 aliphatic carbocycles. The Morgan fingerprint density at radius 3 is 3.20 bits per heavy atom. The standard InChI is InChI=1S/C8H10N2/c1-2-4-8-7(3-1)5-6-9-10-8/h1-2,6-7H,3-5H2. The normalized spacial score (nSPS) is 29.6. The molecule has 52 valence electrons. The second-order valence-corrected chi connectivity index (χ2v) is 2.73. The fourth-order valence-electron chi connectivity index (χ4n) is 1.41. The Morgan fingerprint density at radius 1 is 1.30 bits per heavy atom. The molecule has 1 heterocycles. The Bertz CT molecular complexity index is 213. The minimum atomic E-state index is 0.669. The Kier molecular flexibility index (Phi) is 1.38. The summed E-state index contributed by atoms with van der Waals surface area (Å²) in [6.45, 7) is 0. The first kappa shape index (κ1) is 5.83. The predicted octanol–water partition coefficient (Wildman–Crippen LogP) is 1.78. The van der Waals surface area contributed by atoms with Crippen LogP contribution in [0.25, 0.3) is 0 Å². The molecule has 10 heavy (non-hydrogen) atoms. The first-order valence-corrected chi connectivity index (χ1v) is 3.70. The van der Waals surface area contributed by atoms with Crippen molar-refractivity contribution in [2.45, 2.75) is 19.3 Å². The molecule has 2 rings (SSSR count). The number of nitrogens with zero attached hydrogens (tertiary/aromatic N) is 2. The van der Waals surface area contributed by atoms with Gasteiger partial charge in [0.25, 0.3) is 0 Å². The van der Waals surface area contributed by atoms with Crippen LogP contribution >= 0.6 is 0 Å². The van der Waals surface area contributed by atoms with Crippen LogP contribution in [0.5, 0.6) is 0 Å². The molecule has 1 atom stereocenters. The number of allylic oxidation sites excluding steroid dienone is 2. The summed E-state index contributed by atoms with van der Waals surface area (Å²) >= 11 is 0. The van der Waals surface area contributed by atoms with E-state index in [0.29, 0.717) is 5.92 Å². The van der Waals surface area contributed by atoms with Crippen LogP contribution in [-0.2, 0) is 0 Å². The van der Waals surface area contributed by atoms with Gasteiger partial charge in [-0.25, -0.2) is 0 Å². The van der Waals surface area contributed by atoms with E-state index in [9.17, 15) is 0 Å². The topological polar surface area (TPSA) is 24.7 Å². The van der Waals surface area contributed by atoms with Gasteiger partial charge in [-0.1, -0.05) is 12.2 Å². The van der Waals surface area contributed by atoms with Gasteiger partial charge in [-0.2, -0.15) is 10.2 Å². The summed E-state index contributed by atoms with van der Waals surface area (Å²) in [6.07, 6.45) is 9.59. The van der Waals surface area contributed by atoms with Crippen molar-refractivity contribution < 1.29 is 0 Å². The molecule has 0 radical (unpaired) electrons. The van der Waals surface area contributed by atoms with Crippen LogP contribution in [-0.4, -0.2) is 11.9 Å². The number of hydrogen-bond acceptors (Lipinski definition) is 2. The van der Waals surface area contributed by atoms with Crippen molar-refractivity contribution in [2.75, 3.05) is 0 Å². The molecule has 0 bridgehead atoms. The minimum absolute atomic E-state index is 0.669. The van der Waals surface area contributed by atoms with Gasteiger partial charge < -0.3 is 0 Å². The van der Waals surface area contributed by atoms with Gasteiger partial charge in [-0.05, 0) is 12.8 Å². The van der Waals surface area contributed by atoms with E-state index < -0.39 is 0 Å². The van der Waals surface area contributed by atoms with Crippen LogP contribution < -0.4 is 0 Å². The summed E-state index contributed by atoms with van der Waals surface area (Å²) in [6, 6.07) is 0. The van der Waals surface area contributed by atoms with Crippen LogP contribution in [0.3, 0.4) is 0 Å². The maximum atomic E-state index is 4.09. The highest BCUT2D eigenvalue weighted by atomic mass is 15.2. The maximum Gasteiger partial charge on any atom is 0.0480 e. The summed E-state index contributed by atoms with van der Waals surface area (Å²) in [5.41, 5.74) is 1.27. The van der Waals surface area contributed by atoms with Gasteiger partial charge in [0.05, 0.1) is 0 Å². The first-order valence-electron chi connectivity index (χ1n) is 3.70. The molecule has 0 saturated heterocycles. The van der Waals surface area contributed by atoms with Crippen molar-refractivity contribution in [1.29, 1.82) is 0 Å². The quantitative estimate of drug-likeness (QED) is 0.451. The molecular weight excluding hydrogens is 124 g/mol. The highest BCUT2D eigenvalue weighted by Crippen LogP contribution is 2.20. The SMILES string of the molecule is C1=CCC2CC=NN=C2C1. The zero-order chi connectivity index (χ0) is 6.81. The monoisotopic (exact) mass is 134 g/mol. The van der Waals surface area contributed by atoms with Gasteiger partial charge in [0.15, 0.2) is 0 Å². The molecule has 1 aliphatic heterocycles. The summed E-state index contributed by atoms with van der Waals surface area (Å²) < 4.78 is 0. The summed E-state index contributed by atoms with van der Waals surface area (Å²) in [5.74, 6) is 0.669. The molecule has 2 heteroatoms. The zero-order valence-corrected chi connectivity index (χ0v) is 5.83. The van der Waals surface area contributed by atoms with E-state index in [0.717, 1.165) is 19.3 Å². The molecule has 0 N–H and O–H groups in total. The highest BCUT2D eigenvalue weighted by Gasteiger charge is 2.17. The summed E-state index contributed by atoms with van der Waals surface area (Å²) in [5, 5.41) is 7.98. The molecule has 0 aromatic rings. The first-order chi connectivity index (χ1) is 4.97. The van der Waals surface area contributed by atoms with Gasteiger partial charge in [-0.15, -0.1) is 0 Å². The van der Waals surface area contributed by atoms with Crippen LogP contribution in [0.2, 0.25) is 0 Å². The van der Waals surface area contributed by atoms with E-state index in [1.54, 1.807) is 0 Å². The average molecular weight is 134 g/mol. The third-order valence-corrected chi connectivity index (χ3v) is 2.04. The summed E-state index contributed by atoms with van der Waals surface area (Å²) in [7, 11) is 0. The minimum Gasteiger partial charge on any atom is -0.164 e. The Morgan fingerprint density at radius 2 is 2.30 bits per heavy atom. The zero-order valence-electron chi connectivity index (χ0n) is 5.83. The van der Waals surface area contributed by atoms with E-state index in [2.05, 4.69) is 22.4 Å². The third-order valence-electron chi connectivity index (χ3n) is 2.04. The van der Waals surface area contributed by atoms with E-state index >= 15 is 0 Å². The second kappa shape index (κ2) is 2.37. The molecule has 2 nitrogen and oxygen atoms in total. The highest BCUT2D eigenvalue weighted by molar-refractivity contribution is 5.92. The van der Waals surface area contributed by atoms with Crippen molar-refractivity contribution in [3.8, 4) is 0 Å². The van der Waals surface area contributed by atoms with Gasteiger partial charge >= 0.3 is 0 Å². The van der Waals surface area contributed by atoms with E-state index in [1.807, 2.05) is 6.21 Å². The lowest BCUT2D eigenvalue weighted by molar-refractivity contribution is 0.702. The number of hydrogen-bond donors (Lipinski definition) is 0. The fourth-order valence-corrected chi connectivity index (χ4v) is 1.41. The average Bonchev–Trinajstić information content (AvgIpc) is 2.05. The van der Waals surface area contributed by atoms with Gasteiger partial charge in [0, 0.05) is 24.3 Å². The van der Waals surface area contributed by atoms with Crippen molar-refractivity contribution >= 4 is 11.9 Å².